The predicted molar refractivity (Wildman–Crippen MR) is 121 cm³/mol. The van der Waals surface area contributed by atoms with Gasteiger partial charge in [0.05, 0.1) is 24.4 Å². The van der Waals surface area contributed by atoms with Crippen molar-refractivity contribution in [3.05, 3.63) is 48.0 Å². The minimum atomic E-state index is -0.0499. The number of hydrogen-bond acceptors (Lipinski definition) is 5. The van der Waals surface area contributed by atoms with Gasteiger partial charge in [0.15, 0.2) is 16.6 Å². The van der Waals surface area contributed by atoms with Crippen molar-refractivity contribution >= 4 is 32.7 Å². The number of thiazole rings is 1. The highest BCUT2D eigenvalue weighted by Gasteiger charge is 2.27. The highest BCUT2D eigenvalue weighted by molar-refractivity contribution is 7.22. The van der Waals surface area contributed by atoms with Crippen molar-refractivity contribution < 1.29 is 14.3 Å². The molecular weight excluding hydrogens is 398 g/mol. The zero-order chi connectivity index (χ0) is 20.9. The summed E-state index contributed by atoms with van der Waals surface area (Å²) in [6.07, 6.45) is 5.03. The van der Waals surface area contributed by atoms with Gasteiger partial charge in [0, 0.05) is 12.6 Å². The molecule has 0 saturated carbocycles. The molecule has 1 N–H and O–H groups in total. The fraction of sp³-hybridized carbons (Fsp3) is 0.391. The minimum absolute atomic E-state index is 0.0499. The van der Waals surface area contributed by atoms with Crippen LogP contribution in [0.2, 0.25) is 0 Å². The maximum atomic E-state index is 13.0. The van der Waals surface area contributed by atoms with Crippen LogP contribution in [0.3, 0.4) is 0 Å². The first-order valence-corrected chi connectivity index (χ1v) is 11.1. The number of nitrogens with zero attached hydrogens (tertiary/aromatic N) is 2. The molecule has 2 amide bonds. The number of para-hydroxylation sites is 1. The fourth-order valence-corrected chi connectivity index (χ4v) is 4.88. The molecule has 1 aliphatic rings. The molecule has 2 aromatic carbocycles. The molecule has 1 atom stereocenters. The lowest BCUT2D eigenvalue weighted by atomic mass is 9.96. The van der Waals surface area contributed by atoms with Gasteiger partial charge in [-0.1, -0.05) is 29.5 Å². The van der Waals surface area contributed by atoms with Gasteiger partial charge < -0.3 is 14.4 Å². The van der Waals surface area contributed by atoms with Gasteiger partial charge in [-0.25, -0.2) is 9.78 Å². The number of methoxy groups -OCH3 is 2. The monoisotopic (exact) mass is 425 g/mol. The first-order chi connectivity index (χ1) is 14.7. The van der Waals surface area contributed by atoms with E-state index < -0.39 is 0 Å². The van der Waals surface area contributed by atoms with E-state index in [2.05, 4.69) is 16.4 Å². The quantitative estimate of drug-likeness (QED) is 0.580. The highest BCUT2D eigenvalue weighted by Crippen LogP contribution is 2.30. The van der Waals surface area contributed by atoms with E-state index in [0.29, 0.717) is 5.13 Å². The van der Waals surface area contributed by atoms with Crippen molar-refractivity contribution in [2.24, 2.45) is 0 Å². The number of urea groups is 1. The van der Waals surface area contributed by atoms with Crippen LogP contribution in [-0.4, -0.2) is 42.7 Å². The third-order valence-electron chi connectivity index (χ3n) is 5.61. The molecular formula is C23H27N3O3S. The van der Waals surface area contributed by atoms with Crippen molar-refractivity contribution in [2.75, 3.05) is 26.1 Å². The Bertz CT molecular complexity index is 987. The van der Waals surface area contributed by atoms with Crippen LogP contribution in [0.4, 0.5) is 9.93 Å². The standard InChI is InChI=1S/C23H27N3O3S/c1-28-19-13-11-16(15-20(19)29-2)10-12-17-7-5-6-14-26(17)23(27)25-22-24-18-8-3-4-9-21(18)30-22/h3-4,8-9,11,13,15,17H,5-7,10,12,14H2,1-2H3,(H,24,25,27). The van der Waals surface area contributed by atoms with Crippen molar-refractivity contribution in [3.63, 3.8) is 0 Å². The summed E-state index contributed by atoms with van der Waals surface area (Å²) in [5.74, 6) is 1.47. The number of carbonyl (C=O) groups excluding carboxylic acids is 1. The van der Waals surface area contributed by atoms with Gasteiger partial charge in [0.25, 0.3) is 0 Å². The normalized spacial score (nSPS) is 16.5. The maximum Gasteiger partial charge on any atom is 0.323 e. The summed E-state index contributed by atoms with van der Waals surface area (Å²) in [4.78, 5) is 19.5. The molecule has 0 aliphatic carbocycles. The highest BCUT2D eigenvalue weighted by atomic mass is 32.1. The molecule has 158 valence electrons. The summed E-state index contributed by atoms with van der Waals surface area (Å²) in [7, 11) is 3.29. The van der Waals surface area contributed by atoms with Gasteiger partial charge in [-0.15, -0.1) is 0 Å². The van der Waals surface area contributed by atoms with E-state index in [9.17, 15) is 4.79 Å². The third kappa shape index (κ3) is 4.51. The number of carbonyl (C=O) groups is 1. The third-order valence-corrected chi connectivity index (χ3v) is 6.56. The van der Waals surface area contributed by atoms with Crippen molar-refractivity contribution in [1.29, 1.82) is 0 Å². The number of ether oxygens (including phenoxy) is 2. The second-order valence-corrected chi connectivity index (χ2v) is 8.52. The molecule has 0 bridgehead atoms. The minimum Gasteiger partial charge on any atom is -0.493 e. The van der Waals surface area contributed by atoms with Gasteiger partial charge in [-0.2, -0.15) is 0 Å². The number of anilines is 1. The topological polar surface area (TPSA) is 63.7 Å². The number of aryl methyl sites for hydroxylation is 1. The molecule has 0 spiro atoms. The summed E-state index contributed by atoms with van der Waals surface area (Å²) in [6.45, 7) is 0.785. The van der Waals surface area contributed by atoms with Crippen LogP contribution < -0.4 is 14.8 Å². The second-order valence-electron chi connectivity index (χ2n) is 7.49. The number of benzene rings is 2. The fourth-order valence-electron chi connectivity index (χ4n) is 4.03. The summed E-state index contributed by atoms with van der Waals surface area (Å²) in [6, 6.07) is 14.1. The first kappa shape index (κ1) is 20.5. The lowest BCUT2D eigenvalue weighted by Gasteiger charge is -2.35. The van der Waals surface area contributed by atoms with Crippen LogP contribution in [0.1, 0.15) is 31.2 Å². The van der Waals surface area contributed by atoms with Crippen LogP contribution in [0, 0.1) is 0 Å². The smallest absolute Gasteiger partial charge is 0.323 e. The molecule has 0 radical (unpaired) electrons. The van der Waals surface area contributed by atoms with E-state index in [-0.39, 0.29) is 12.1 Å². The molecule has 4 rings (SSSR count). The summed E-state index contributed by atoms with van der Waals surface area (Å²) in [5, 5.41) is 3.68. The number of nitrogens with one attached hydrogen (secondary N) is 1. The van der Waals surface area contributed by atoms with Crippen LogP contribution in [-0.2, 0) is 6.42 Å². The Kier molecular flexibility index (Phi) is 6.38. The van der Waals surface area contributed by atoms with Crippen LogP contribution >= 0.6 is 11.3 Å². The van der Waals surface area contributed by atoms with Crippen LogP contribution in [0.25, 0.3) is 10.2 Å². The van der Waals surface area contributed by atoms with E-state index in [0.717, 1.165) is 60.4 Å². The van der Waals surface area contributed by atoms with E-state index >= 15 is 0 Å². The molecule has 1 unspecified atom stereocenters. The largest absolute Gasteiger partial charge is 0.493 e. The van der Waals surface area contributed by atoms with Crippen molar-refractivity contribution in [3.8, 4) is 11.5 Å². The van der Waals surface area contributed by atoms with Crippen LogP contribution in [0.5, 0.6) is 11.5 Å². The molecule has 1 aromatic heterocycles. The Balaban J connectivity index is 1.41. The predicted octanol–water partition coefficient (Wildman–Crippen LogP) is 5.33. The number of amides is 2. The molecule has 1 aliphatic heterocycles. The zero-order valence-electron chi connectivity index (χ0n) is 17.4. The SMILES string of the molecule is COc1ccc(CCC2CCCCN2C(=O)Nc2nc3ccccc3s2)cc1OC. The molecule has 3 aromatic rings. The maximum absolute atomic E-state index is 13.0. The number of piperidine rings is 1. The Morgan fingerprint density at radius 2 is 2.00 bits per heavy atom. The molecule has 6 nitrogen and oxygen atoms in total. The second kappa shape index (κ2) is 9.34. The summed E-state index contributed by atoms with van der Waals surface area (Å²) < 4.78 is 11.8. The average Bonchev–Trinajstić information content (AvgIpc) is 3.19. The van der Waals surface area contributed by atoms with Gasteiger partial charge in [0.1, 0.15) is 0 Å². The Labute approximate surface area is 180 Å². The average molecular weight is 426 g/mol. The number of rotatable bonds is 6. The summed E-state index contributed by atoms with van der Waals surface area (Å²) in [5.41, 5.74) is 2.10. The van der Waals surface area contributed by atoms with Crippen molar-refractivity contribution in [2.45, 2.75) is 38.1 Å². The summed E-state index contributed by atoms with van der Waals surface area (Å²) >= 11 is 1.51. The van der Waals surface area contributed by atoms with Gasteiger partial charge in [0.2, 0.25) is 0 Å². The number of aromatic nitrogens is 1. The van der Waals surface area contributed by atoms with E-state index in [1.165, 1.54) is 16.9 Å². The molecule has 2 heterocycles. The zero-order valence-corrected chi connectivity index (χ0v) is 18.2. The molecule has 1 saturated heterocycles. The van der Waals surface area contributed by atoms with Gasteiger partial charge in [-0.3, -0.25) is 5.32 Å². The van der Waals surface area contributed by atoms with E-state index in [1.807, 2.05) is 41.3 Å². The number of fused-ring (bicyclic) bond motifs is 1. The number of likely N-dealkylation sites (tertiary alicyclic amines) is 1. The lowest BCUT2D eigenvalue weighted by molar-refractivity contribution is 0.158. The first-order valence-electron chi connectivity index (χ1n) is 10.3. The van der Waals surface area contributed by atoms with E-state index in [4.69, 9.17) is 9.47 Å². The molecule has 7 heteroatoms. The molecule has 1 fully saturated rings. The Morgan fingerprint density at radius 1 is 1.17 bits per heavy atom. The van der Waals surface area contributed by atoms with E-state index in [1.54, 1.807) is 14.2 Å². The van der Waals surface area contributed by atoms with Gasteiger partial charge >= 0.3 is 6.03 Å². The Morgan fingerprint density at radius 3 is 2.80 bits per heavy atom. The van der Waals surface area contributed by atoms with Gasteiger partial charge in [-0.05, 0) is 61.9 Å². The Hall–Kier alpha value is -2.80. The van der Waals surface area contributed by atoms with Crippen molar-refractivity contribution in [1.82, 2.24) is 9.88 Å². The molecule has 30 heavy (non-hydrogen) atoms. The lowest BCUT2D eigenvalue weighted by Crippen LogP contribution is -2.46. The van der Waals surface area contributed by atoms with Crippen LogP contribution in [0.15, 0.2) is 42.5 Å². The number of hydrogen-bond donors (Lipinski definition) is 1.